The number of nitrogens with zero attached hydrogens (tertiary/aromatic N) is 1. The van der Waals surface area contributed by atoms with Gasteiger partial charge in [-0.2, -0.15) is 0 Å². The number of amides is 1. The van der Waals surface area contributed by atoms with Crippen molar-refractivity contribution in [1.29, 1.82) is 0 Å². The Bertz CT molecular complexity index is 450. The quantitative estimate of drug-likeness (QED) is 0.612. The predicted octanol–water partition coefficient (Wildman–Crippen LogP) is 1.21. The van der Waals surface area contributed by atoms with Crippen LogP contribution in [-0.2, 0) is 11.3 Å². The van der Waals surface area contributed by atoms with Crippen molar-refractivity contribution in [3.63, 3.8) is 0 Å². The molecule has 7 heteroatoms. The number of non-ortho nitro benzene ring substituents is 1. The Morgan fingerprint density at radius 1 is 1.65 bits per heavy atom. The van der Waals surface area contributed by atoms with Gasteiger partial charge in [0.2, 0.25) is 5.91 Å². The lowest BCUT2D eigenvalue weighted by atomic mass is 10.2. The first-order valence-electron chi connectivity index (χ1n) is 4.87. The third-order valence-electron chi connectivity index (χ3n) is 2.27. The van der Waals surface area contributed by atoms with Gasteiger partial charge in [0.1, 0.15) is 0 Å². The number of nitro groups is 1. The van der Waals surface area contributed by atoms with Crippen LogP contribution in [0, 0.1) is 10.1 Å². The highest BCUT2D eigenvalue weighted by atomic mass is 35.5. The zero-order valence-corrected chi connectivity index (χ0v) is 9.90. The number of nitro benzene ring substituents is 1. The molecule has 1 aromatic rings. The molecular formula is C10H12ClN3O3. The summed E-state index contributed by atoms with van der Waals surface area (Å²) in [4.78, 5) is 20.8. The van der Waals surface area contributed by atoms with Crippen LogP contribution in [0.5, 0.6) is 0 Å². The lowest BCUT2D eigenvalue weighted by molar-refractivity contribution is -0.384. The van der Waals surface area contributed by atoms with E-state index in [0.29, 0.717) is 12.1 Å². The van der Waals surface area contributed by atoms with E-state index in [2.05, 4.69) is 5.32 Å². The van der Waals surface area contributed by atoms with Crippen LogP contribution in [0.4, 0.5) is 5.69 Å². The van der Waals surface area contributed by atoms with Crippen molar-refractivity contribution < 1.29 is 9.72 Å². The zero-order valence-electron chi connectivity index (χ0n) is 9.14. The maximum atomic E-state index is 10.8. The van der Waals surface area contributed by atoms with Crippen molar-refractivity contribution >= 4 is 23.2 Å². The molecule has 0 heterocycles. The summed E-state index contributed by atoms with van der Waals surface area (Å²) in [5.74, 6) is -0.469. The van der Waals surface area contributed by atoms with Crippen LogP contribution in [0.15, 0.2) is 18.2 Å². The summed E-state index contributed by atoms with van der Waals surface area (Å²) < 4.78 is 0. The minimum Gasteiger partial charge on any atom is -0.368 e. The molecule has 0 fully saturated rings. The summed E-state index contributed by atoms with van der Waals surface area (Å²) in [6.07, 6.45) is 0. The Morgan fingerprint density at radius 2 is 2.29 bits per heavy atom. The number of hydrogen-bond donors (Lipinski definition) is 2. The number of halogens is 1. The first-order valence-corrected chi connectivity index (χ1v) is 5.25. The lowest BCUT2D eigenvalue weighted by Gasteiger charge is -2.10. The summed E-state index contributed by atoms with van der Waals surface area (Å²) >= 11 is 5.88. The second-order valence-corrected chi connectivity index (χ2v) is 3.94. The molecule has 1 unspecified atom stereocenters. The molecule has 0 saturated carbocycles. The van der Waals surface area contributed by atoms with E-state index in [1.54, 1.807) is 13.0 Å². The number of carbonyl (C=O) groups excluding carboxylic acids is 1. The van der Waals surface area contributed by atoms with Crippen molar-refractivity contribution in [3.05, 3.63) is 38.9 Å². The number of benzene rings is 1. The van der Waals surface area contributed by atoms with Crippen molar-refractivity contribution in [2.45, 2.75) is 19.5 Å². The number of rotatable bonds is 5. The average molecular weight is 258 g/mol. The Kier molecular flexibility index (Phi) is 4.42. The summed E-state index contributed by atoms with van der Waals surface area (Å²) in [6.45, 7) is 1.95. The maximum absolute atomic E-state index is 10.8. The van der Waals surface area contributed by atoms with Crippen LogP contribution in [0.2, 0.25) is 5.02 Å². The highest BCUT2D eigenvalue weighted by Crippen LogP contribution is 2.22. The molecule has 92 valence electrons. The van der Waals surface area contributed by atoms with Crippen LogP contribution in [0.1, 0.15) is 12.5 Å². The summed E-state index contributed by atoms with van der Waals surface area (Å²) in [5.41, 5.74) is 5.68. The second-order valence-electron chi connectivity index (χ2n) is 3.54. The van der Waals surface area contributed by atoms with Crippen molar-refractivity contribution in [2.24, 2.45) is 5.73 Å². The molecule has 0 aliphatic heterocycles. The Hall–Kier alpha value is -1.66. The Labute approximate surface area is 103 Å². The molecule has 0 aliphatic carbocycles. The van der Waals surface area contributed by atoms with Crippen molar-refractivity contribution in [1.82, 2.24) is 5.32 Å². The fourth-order valence-corrected chi connectivity index (χ4v) is 1.40. The topological polar surface area (TPSA) is 98.3 Å². The third-order valence-corrected chi connectivity index (χ3v) is 2.62. The Morgan fingerprint density at radius 3 is 2.76 bits per heavy atom. The fourth-order valence-electron chi connectivity index (χ4n) is 1.16. The summed E-state index contributed by atoms with van der Waals surface area (Å²) in [6, 6.07) is 3.69. The fraction of sp³-hybridized carbons (Fsp3) is 0.300. The van der Waals surface area contributed by atoms with Gasteiger partial charge in [-0.15, -0.1) is 0 Å². The van der Waals surface area contributed by atoms with E-state index in [-0.39, 0.29) is 10.7 Å². The van der Waals surface area contributed by atoms with Gasteiger partial charge in [-0.1, -0.05) is 11.6 Å². The molecule has 0 aromatic heterocycles. The highest BCUT2D eigenvalue weighted by molar-refractivity contribution is 6.31. The van der Waals surface area contributed by atoms with Gasteiger partial charge in [0.05, 0.1) is 16.0 Å². The molecule has 6 nitrogen and oxygen atoms in total. The zero-order chi connectivity index (χ0) is 13.0. The van der Waals surface area contributed by atoms with E-state index in [4.69, 9.17) is 17.3 Å². The molecular weight excluding hydrogens is 246 g/mol. The molecule has 1 atom stereocenters. The van der Waals surface area contributed by atoms with Gasteiger partial charge in [-0.3, -0.25) is 14.9 Å². The van der Waals surface area contributed by atoms with E-state index in [1.165, 1.54) is 12.1 Å². The van der Waals surface area contributed by atoms with Gasteiger partial charge >= 0.3 is 0 Å². The third kappa shape index (κ3) is 3.69. The van der Waals surface area contributed by atoms with Gasteiger partial charge in [-0.05, 0) is 18.6 Å². The van der Waals surface area contributed by atoms with Crippen LogP contribution < -0.4 is 11.1 Å². The van der Waals surface area contributed by atoms with Crippen LogP contribution in [0.25, 0.3) is 0 Å². The largest absolute Gasteiger partial charge is 0.368 e. The van der Waals surface area contributed by atoms with Gasteiger partial charge in [-0.25, -0.2) is 0 Å². The predicted molar refractivity (Wildman–Crippen MR) is 63.6 cm³/mol. The number of hydrogen-bond acceptors (Lipinski definition) is 4. The Balaban J connectivity index is 2.73. The van der Waals surface area contributed by atoms with Gasteiger partial charge < -0.3 is 11.1 Å². The second kappa shape index (κ2) is 5.60. The van der Waals surface area contributed by atoms with Crippen LogP contribution >= 0.6 is 11.6 Å². The molecule has 0 bridgehead atoms. The SMILES string of the molecule is CC(NCc1ccc([N+](=O)[O-])cc1Cl)C(N)=O. The van der Waals surface area contributed by atoms with Gasteiger partial charge in [0.25, 0.3) is 5.69 Å². The minimum atomic E-state index is -0.519. The number of nitrogens with one attached hydrogen (secondary N) is 1. The number of nitrogens with two attached hydrogens (primary N) is 1. The molecule has 1 aromatic carbocycles. The molecule has 0 aliphatic rings. The summed E-state index contributed by atoms with van der Waals surface area (Å²) in [5, 5.41) is 13.6. The van der Waals surface area contributed by atoms with Crippen LogP contribution in [0.3, 0.4) is 0 Å². The standard InChI is InChI=1S/C10H12ClN3O3/c1-6(10(12)15)13-5-7-2-3-8(14(16)17)4-9(7)11/h2-4,6,13H,5H2,1H3,(H2,12,15). The monoisotopic (exact) mass is 257 g/mol. The number of primary amides is 1. The van der Waals surface area contributed by atoms with Crippen molar-refractivity contribution in [3.8, 4) is 0 Å². The smallest absolute Gasteiger partial charge is 0.270 e. The van der Waals surface area contributed by atoms with E-state index < -0.39 is 16.9 Å². The highest BCUT2D eigenvalue weighted by Gasteiger charge is 2.11. The molecule has 1 rings (SSSR count). The van der Waals surface area contributed by atoms with E-state index in [9.17, 15) is 14.9 Å². The molecule has 1 amide bonds. The number of carbonyl (C=O) groups is 1. The lowest BCUT2D eigenvalue weighted by Crippen LogP contribution is -2.38. The molecule has 17 heavy (non-hydrogen) atoms. The van der Waals surface area contributed by atoms with E-state index in [1.807, 2.05) is 0 Å². The van der Waals surface area contributed by atoms with E-state index >= 15 is 0 Å². The minimum absolute atomic E-state index is 0.0679. The molecule has 0 spiro atoms. The van der Waals surface area contributed by atoms with E-state index in [0.717, 1.165) is 0 Å². The van der Waals surface area contributed by atoms with Gasteiger partial charge in [0.15, 0.2) is 0 Å². The normalized spacial score (nSPS) is 12.1. The first-order chi connectivity index (χ1) is 7.91. The summed E-state index contributed by atoms with van der Waals surface area (Å²) in [7, 11) is 0. The van der Waals surface area contributed by atoms with Crippen LogP contribution in [-0.4, -0.2) is 16.9 Å². The average Bonchev–Trinajstić information content (AvgIpc) is 2.26. The molecule has 0 radical (unpaired) electrons. The maximum Gasteiger partial charge on any atom is 0.270 e. The first kappa shape index (κ1) is 13.4. The molecule has 0 saturated heterocycles. The molecule has 3 N–H and O–H groups in total. The van der Waals surface area contributed by atoms with Crippen molar-refractivity contribution in [2.75, 3.05) is 0 Å². The van der Waals surface area contributed by atoms with Gasteiger partial charge in [0, 0.05) is 18.7 Å².